The van der Waals surface area contributed by atoms with Gasteiger partial charge in [-0.25, -0.2) is 9.59 Å². The number of ether oxygens (including phenoxy) is 1. The molecule has 0 aliphatic carbocycles. The number of carboxylic acid groups (broad SMARTS) is 1. The lowest BCUT2D eigenvalue weighted by atomic mass is 10.1. The molecule has 17 heavy (non-hydrogen) atoms. The average Bonchev–Trinajstić information content (AvgIpc) is 2.15. The lowest BCUT2D eigenvalue weighted by molar-refractivity contribution is -0.142. The van der Waals surface area contributed by atoms with E-state index in [-0.39, 0.29) is 0 Å². The van der Waals surface area contributed by atoms with Crippen molar-refractivity contribution >= 4 is 12.0 Å². The van der Waals surface area contributed by atoms with Crippen LogP contribution < -0.4 is 10.6 Å². The number of rotatable bonds is 7. The van der Waals surface area contributed by atoms with E-state index in [0.29, 0.717) is 25.7 Å². The molecule has 0 saturated heterocycles. The molecular weight excluding hydrogens is 224 g/mol. The molecule has 0 bridgehead atoms. The first kappa shape index (κ1) is 15.7. The fraction of sp³-hybridized carbons (Fsp3) is 0.818. The van der Waals surface area contributed by atoms with Gasteiger partial charge in [-0.2, -0.15) is 0 Å². The second-order valence-corrected chi connectivity index (χ2v) is 4.78. The first-order chi connectivity index (χ1) is 7.75. The predicted molar refractivity (Wildman–Crippen MR) is 63.9 cm³/mol. The molecule has 0 aromatic carbocycles. The molecule has 0 aliphatic rings. The number of carbonyl (C=O) groups is 2. The van der Waals surface area contributed by atoms with Crippen molar-refractivity contribution in [2.24, 2.45) is 5.92 Å². The largest absolute Gasteiger partial charge is 0.480 e. The number of nitrogens with one attached hydrogen (secondary N) is 2. The Balaban J connectivity index is 3.70. The molecule has 0 rings (SSSR count). The highest BCUT2D eigenvalue weighted by Gasteiger charge is 2.28. The molecule has 0 unspecified atom stereocenters. The van der Waals surface area contributed by atoms with Crippen molar-refractivity contribution in [3.05, 3.63) is 0 Å². The second kappa shape index (κ2) is 7.11. The summed E-state index contributed by atoms with van der Waals surface area (Å²) in [6.07, 6.45) is 0. The number of aliphatic carboxylic acids is 1. The lowest BCUT2D eigenvalue weighted by Crippen LogP contribution is -2.53. The Morgan fingerprint density at radius 1 is 1.35 bits per heavy atom. The number of carbonyl (C=O) groups excluding carboxylic acids is 1. The quantitative estimate of drug-likeness (QED) is 0.580. The summed E-state index contributed by atoms with van der Waals surface area (Å²) in [7, 11) is 0. The van der Waals surface area contributed by atoms with Gasteiger partial charge < -0.3 is 20.5 Å². The zero-order chi connectivity index (χ0) is 13.5. The van der Waals surface area contributed by atoms with E-state index in [1.54, 1.807) is 0 Å². The third-order valence-corrected chi connectivity index (χ3v) is 1.94. The molecule has 0 fully saturated rings. The Labute approximate surface area is 102 Å². The molecule has 0 atom stereocenters. The first-order valence-electron chi connectivity index (χ1n) is 5.63. The van der Waals surface area contributed by atoms with Crippen LogP contribution in [0.1, 0.15) is 27.7 Å². The third-order valence-electron chi connectivity index (χ3n) is 1.94. The summed E-state index contributed by atoms with van der Waals surface area (Å²) in [6.45, 7) is 8.33. The van der Waals surface area contributed by atoms with Gasteiger partial charge in [-0.3, -0.25) is 0 Å². The number of amides is 2. The minimum absolute atomic E-state index is 0.355. The summed E-state index contributed by atoms with van der Waals surface area (Å²) < 4.78 is 5.26. The van der Waals surface area contributed by atoms with Gasteiger partial charge in [-0.15, -0.1) is 0 Å². The second-order valence-electron chi connectivity index (χ2n) is 4.78. The predicted octanol–water partition coefficient (Wildman–Crippen LogP) is 0.821. The fourth-order valence-corrected chi connectivity index (χ4v) is 0.937. The van der Waals surface area contributed by atoms with Crippen LogP contribution in [0.2, 0.25) is 0 Å². The topological polar surface area (TPSA) is 87.7 Å². The maximum atomic E-state index is 11.3. The molecule has 100 valence electrons. The molecule has 6 nitrogen and oxygen atoms in total. The highest BCUT2D eigenvalue weighted by Crippen LogP contribution is 2.00. The maximum Gasteiger partial charge on any atom is 0.328 e. The van der Waals surface area contributed by atoms with Gasteiger partial charge in [0.25, 0.3) is 0 Å². The smallest absolute Gasteiger partial charge is 0.328 e. The van der Waals surface area contributed by atoms with Crippen molar-refractivity contribution in [2.75, 3.05) is 19.8 Å². The maximum absolute atomic E-state index is 11.3. The van der Waals surface area contributed by atoms with Crippen LogP contribution in [0, 0.1) is 5.92 Å². The van der Waals surface area contributed by atoms with Crippen molar-refractivity contribution in [3.8, 4) is 0 Å². The monoisotopic (exact) mass is 246 g/mol. The summed E-state index contributed by atoms with van der Waals surface area (Å²) in [5, 5.41) is 13.7. The van der Waals surface area contributed by atoms with E-state index in [4.69, 9.17) is 9.84 Å². The van der Waals surface area contributed by atoms with E-state index in [0.717, 1.165) is 0 Å². The molecule has 3 N–H and O–H groups in total. The first-order valence-corrected chi connectivity index (χ1v) is 5.63. The van der Waals surface area contributed by atoms with Crippen LogP contribution in [0.5, 0.6) is 0 Å². The number of carboxylic acids is 1. The zero-order valence-corrected chi connectivity index (χ0v) is 10.9. The summed E-state index contributed by atoms with van der Waals surface area (Å²) in [5.74, 6) is -0.626. The molecule has 2 amide bonds. The Kier molecular flexibility index (Phi) is 6.57. The molecule has 0 spiro atoms. The van der Waals surface area contributed by atoms with Crippen LogP contribution in [0.25, 0.3) is 0 Å². The van der Waals surface area contributed by atoms with Crippen LogP contribution in [0.3, 0.4) is 0 Å². The average molecular weight is 246 g/mol. The molecule has 0 radical (unpaired) electrons. The summed E-state index contributed by atoms with van der Waals surface area (Å²) >= 11 is 0. The Hall–Kier alpha value is -1.30. The van der Waals surface area contributed by atoms with E-state index < -0.39 is 17.5 Å². The summed E-state index contributed by atoms with van der Waals surface area (Å²) in [5.41, 5.74) is -1.27. The van der Waals surface area contributed by atoms with Crippen molar-refractivity contribution in [1.29, 1.82) is 0 Å². The Morgan fingerprint density at radius 2 is 1.94 bits per heavy atom. The van der Waals surface area contributed by atoms with Crippen molar-refractivity contribution in [1.82, 2.24) is 10.6 Å². The number of hydrogen-bond acceptors (Lipinski definition) is 3. The van der Waals surface area contributed by atoms with E-state index >= 15 is 0 Å². The SMILES string of the molecule is CC(C)COCCNC(=O)NC(C)(C)C(=O)O. The zero-order valence-electron chi connectivity index (χ0n) is 10.9. The molecule has 6 heteroatoms. The van der Waals surface area contributed by atoms with E-state index in [1.165, 1.54) is 13.8 Å². The van der Waals surface area contributed by atoms with E-state index in [9.17, 15) is 9.59 Å². The van der Waals surface area contributed by atoms with Gasteiger partial charge in [0.1, 0.15) is 5.54 Å². The van der Waals surface area contributed by atoms with Crippen LogP contribution >= 0.6 is 0 Å². The lowest BCUT2D eigenvalue weighted by Gasteiger charge is -2.21. The van der Waals surface area contributed by atoms with Crippen molar-refractivity contribution in [3.63, 3.8) is 0 Å². The van der Waals surface area contributed by atoms with E-state index in [1.807, 2.05) is 13.8 Å². The molecule has 0 aromatic heterocycles. The van der Waals surface area contributed by atoms with Gasteiger partial charge in [-0.05, 0) is 19.8 Å². The molecule has 0 saturated carbocycles. The Bertz CT molecular complexity index is 264. The third kappa shape index (κ3) is 7.57. The van der Waals surface area contributed by atoms with Crippen LogP contribution in [-0.2, 0) is 9.53 Å². The molecule has 0 aromatic rings. The molecular formula is C11H22N2O4. The highest BCUT2D eigenvalue weighted by molar-refractivity contribution is 5.85. The van der Waals surface area contributed by atoms with Crippen LogP contribution in [0.15, 0.2) is 0 Å². The Morgan fingerprint density at radius 3 is 2.41 bits per heavy atom. The standard InChI is InChI=1S/C11H22N2O4/c1-8(2)7-17-6-5-12-10(16)13-11(3,4)9(14)15/h8H,5-7H2,1-4H3,(H,14,15)(H2,12,13,16). The van der Waals surface area contributed by atoms with Crippen molar-refractivity contribution in [2.45, 2.75) is 33.2 Å². The number of urea groups is 1. The number of hydrogen-bond donors (Lipinski definition) is 3. The van der Waals surface area contributed by atoms with Gasteiger partial charge in [0, 0.05) is 13.2 Å². The van der Waals surface area contributed by atoms with Crippen LogP contribution in [0.4, 0.5) is 4.79 Å². The summed E-state index contributed by atoms with van der Waals surface area (Å²) in [4.78, 5) is 22.1. The van der Waals surface area contributed by atoms with Gasteiger partial charge in [0.05, 0.1) is 6.61 Å². The van der Waals surface area contributed by atoms with Gasteiger partial charge in [0.15, 0.2) is 0 Å². The normalized spacial score (nSPS) is 11.4. The fourth-order valence-electron chi connectivity index (χ4n) is 0.937. The van der Waals surface area contributed by atoms with Gasteiger partial charge >= 0.3 is 12.0 Å². The van der Waals surface area contributed by atoms with E-state index in [2.05, 4.69) is 10.6 Å². The minimum Gasteiger partial charge on any atom is -0.480 e. The highest BCUT2D eigenvalue weighted by atomic mass is 16.5. The van der Waals surface area contributed by atoms with Crippen LogP contribution in [-0.4, -0.2) is 42.4 Å². The summed E-state index contributed by atoms with van der Waals surface area (Å²) in [6, 6.07) is -0.509. The van der Waals surface area contributed by atoms with Gasteiger partial charge in [-0.1, -0.05) is 13.8 Å². The molecule has 0 aliphatic heterocycles. The van der Waals surface area contributed by atoms with Crippen molar-refractivity contribution < 1.29 is 19.4 Å². The molecule has 0 heterocycles. The van der Waals surface area contributed by atoms with Gasteiger partial charge in [0.2, 0.25) is 0 Å². The minimum atomic E-state index is -1.27.